The van der Waals surface area contributed by atoms with Crippen molar-refractivity contribution in [3.05, 3.63) is 65.3 Å². The van der Waals surface area contributed by atoms with E-state index in [1.54, 1.807) is 12.1 Å². The number of H-pyrrole nitrogens is 2. The Hall–Kier alpha value is -1.54. The molecule has 8 rings (SSSR count). The predicted octanol–water partition coefficient (Wildman–Crippen LogP) is 7.51. The third-order valence-electron chi connectivity index (χ3n) is 10.9. The first kappa shape index (κ1) is 39.7. The van der Waals surface area contributed by atoms with Crippen LogP contribution in [0.15, 0.2) is 38.3 Å². The minimum Gasteiger partial charge on any atom is -0.381 e. The Morgan fingerprint density at radius 3 is 1.48 bits per heavy atom. The maximum atomic E-state index is 12.5. The second-order valence-electron chi connectivity index (χ2n) is 13.7. The van der Waals surface area contributed by atoms with Crippen LogP contribution in [0.1, 0.15) is 69.0 Å². The van der Waals surface area contributed by atoms with E-state index in [4.69, 9.17) is 32.7 Å². The molecule has 0 amide bonds. The van der Waals surface area contributed by atoms with Gasteiger partial charge in [0.25, 0.3) is 0 Å². The summed E-state index contributed by atoms with van der Waals surface area (Å²) in [5.74, 6) is 0. The Morgan fingerprint density at radius 2 is 1.02 bits per heavy atom. The number of aromatic amines is 2. The van der Waals surface area contributed by atoms with Gasteiger partial charge in [-0.3, -0.25) is 9.13 Å². The molecule has 0 bridgehead atoms. The summed E-state index contributed by atoms with van der Waals surface area (Å²) < 4.78 is 15.8. The maximum Gasteiger partial charge on any atom is 0.326 e. The van der Waals surface area contributed by atoms with Gasteiger partial charge in [0, 0.05) is 81.2 Å². The van der Waals surface area contributed by atoms with Crippen LogP contribution in [-0.2, 0) is 9.47 Å². The maximum absolute atomic E-state index is 12.5. The minimum atomic E-state index is -0.0761. The quantitative estimate of drug-likeness (QED) is 0.221. The highest BCUT2D eigenvalue weighted by Crippen LogP contribution is 2.32. The Morgan fingerprint density at radius 1 is 0.620 bits per heavy atom. The molecule has 0 unspecified atom stereocenters. The zero-order valence-electron chi connectivity index (χ0n) is 28.3. The number of hydrogen-bond acceptors (Lipinski definition) is 6. The first-order chi connectivity index (χ1) is 23.3. The molecule has 2 aromatic heterocycles. The van der Waals surface area contributed by atoms with Crippen molar-refractivity contribution in [3.8, 4) is 0 Å². The van der Waals surface area contributed by atoms with E-state index >= 15 is 0 Å². The van der Waals surface area contributed by atoms with Crippen molar-refractivity contribution in [1.29, 1.82) is 0 Å². The highest BCUT2D eigenvalue weighted by molar-refractivity contribution is 9.10. The first-order valence-corrected chi connectivity index (χ1v) is 18.9. The average Bonchev–Trinajstić information content (AvgIpc) is 3.59. The van der Waals surface area contributed by atoms with Gasteiger partial charge in [-0.25, -0.2) is 9.59 Å². The lowest BCUT2D eigenvalue weighted by molar-refractivity contribution is 0.0219. The Balaban J connectivity index is 0.000000187. The van der Waals surface area contributed by atoms with Gasteiger partial charge in [0.2, 0.25) is 0 Å². The lowest BCUT2D eigenvalue weighted by atomic mass is 9.99. The van der Waals surface area contributed by atoms with Gasteiger partial charge in [0.1, 0.15) is 0 Å². The zero-order chi connectivity index (χ0) is 33.4. The average molecular weight is 838 g/mol. The normalized spacial score (nSPS) is 20.7. The molecule has 6 heterocycles. The topological polar surface area (TPSA) is 101 Å². The molecular weight excluding hydrogens is 790 g/mol. The van der Waals surface area contributed by atoms with E-state index < -0.39 is 0 Å². The molecule has 276 valence electrons. The number of nitrogens with one attached hydrogen (secondary N) is 2. The fourth-order valence-corrected chi connectivity index (χ4v) is 8.88. The van der Waals surface area contributed by atoms with Gasteiger partial charge in [-0.1, -0.05) is 39.1 Å². The summed E-state index contributed by atoms with van der Waals surface area (Å²) in [5.41, 5.74) is 4.66. The van der Waals surface area contributed by atoms with Crippen LogP contribution in [0, 0.1) is 6.92 Å². The molecule has 4 aromatic rings. The van der Waals surface area contributed by atoms with Crippen molar-refractivity contribution in [2.45, 2.75) is 82.5 Å². The van der Waals surface area contributed by atoms with Crippen molar-refractivity contribution in [1.82, 2.24) is 28.9 Å². The number of likely N-dealkylation sites (tertiary alicyclic amines) is 2. The van der Waals surface area contributed by atoms with Gasteiger partial charge in [-0.15, -0.1) is 24.8 Å². The molecule has 0 spiro atoms. The smallest absolute Gasteiger partial charge is 0.326 e. The number of aryl methyl sites for hydroxylation is 1. The van der Waals surface area contributed by atoms with Crippen LogP contribution in [0.5, 0.6) is 0 Å². The summed E-state index contributed by atoms with van der Waals surface area (Å²) in [6.45, 7) is 9.78. The summed E-state index contributed by atoms with van der Waals surface area (Å²) in [5, 5.41) is 0.948. The molecule has 50 heavy (non-hydrogen) atoms. The Bertz CT molecular complexity index is 1720. The number of benzene rings is 2. The second-order valence-corrected chi connectivity index (χ2v) is 15.4. The summed E-state index contributed by atoms with van der Waals surface area (Å²) in [4.78, 5) is 36.0. The van der Waals surface area contributed by atoms with Crippen molar-refractivity contribution in [2.24, 2.45) is 0 Å². The molecule has 0 atom stereocenters. The number of nitrogens with zero attached hydrogens (tertiary/aromatic N) is 4. The molecular formula is C35H47BrCl4N6O4. The van der Waals surface area contributed by atoms with Crippen LogP contribution >= 0.6 is 63.9 Å². The van der Waals surface area contributed by atoms with E-state index in [1.165, 1.54) is 0 Å². The van der Waals surface area contributed by atoms with Gasteiger partial charge in [0.05, 0.1) is 32.1 Å². The van der Waals surface area contributed by atoms with Crippen LogP contribution in [0.3, 0.4) is 0 Å². The third-order valence-corrected chi connectivity index (χ3v) is 12.5. The molecule has 15 heteroatoms. The summed E-state index contributed by atoms with van der Waals surface area (Å²) in [6, 6.07) is 9.45. The molecule has 4 fully saturated rings. The molecule has 0 radical (unpaired) electrons. The van der Waals surface area contributed by atoms with Crippen LogP contribution in [-0.4, -0.2) is 93.6 Å². The van der Waals surface area contributed by atoms with E-state index in [0.29, 0.717) is 28.2 Å². The van der Waals surface area contributed by atoms with E-state index in [0.717, 1.165) is 136 Å². The molecule has 2 N–H and O–H groups in total. The number of aromatic nitrogens is 4. The van der Waals surface area contributed by atoms with Gasteiger partial charge in [-0.2, -0.15) is 0 Å². The van der Waals surface area contributed by atoms with Crippen LogP contribution < -0.4 is 11.4 Å². The molecule has 4 aliphatic heterocycles. The lowest BCUT2D eigenvalue weighted by Crippen LogP contribution is -2.45. The van der Waals surface area contributed by atoms with Crippen molar-refractivity contribution in [3.63, 3.8) is 0 Å². The number of rotatable bonds is 4. The van der Waals surface area contributed by atoms with Crippen LogP contribution in [0.4, 0.5) is 0 Å². The van der Waals surface area contributed by atoms with Crippen LogP contribution in [0.25, 0.3) is 22.1 Å². The summed E-state index contributed by atoms with van der Waals surface area (Å²) in [7, 11) is 0. The van der Waals surface area contributed by atoms with Crippen molar-refractivity contribution < 1.29 is 9.47 Å². The van der Waals surface area contributed by atoms with Crippen LogP contribution in [0.2, 0.25) is 10.0 Å². The molecule has 10 nitrogen and oxygen atoms in total. The van der Waals surface area contributed by atoms with E-state index in [2.05, 4.69) is 48.7 Å². The van der Waals surface area contributed by atoms with E-state index in [1.807, 2.05) is 15.2 Å². The second kappa shape index (κ2) is 17.5. The Kier molecular flexibility index (Phi) is 13.9. The fraction of sp³-hybridized carbons (Fsp3) is 0.600. The monoisotopic (exact) mass is 834 g/mol. The minimum absolute atomic E-state index is 0. The van der Waals surface area contributed by atoms with Crippen molar-refractivity contribution in [2.75, 3.05) is 52.6 Å². The largest absolute Gasteiger partial charge is 0.381 e. The number of ether oxygens (including phenoxy) is 2. The standard InChI is InChI=1S/C18H24BrN3O2.C17H21Cl2N3O2.2ClH/c1-12-10-17-16(11-15(12)19)20-18(23)22(17)14-2-6-21(7-3-14)13-4-8-24-9-5-13;18-13-9-15-16(10-14(13)19)22(17(23)20-15)12-1-5-21(6-2-12)11-3-7-24-8-4-11;;/h10-11,13-14H,2-9H2,1H3,(H,20,23);9-12H,1-8H2,(H,20,23);2*1H. The number of fused-ring (bicyclic) bond motifs is 2. The highest BCUT2D eigenvalue weighted by atomic mass is 79.9. The van der Waals surface area contributed by atoms with Gasteiger partial charge in [-0.05, 0) is 88.1 Å². The zero-order valence-corrected chi connectivity index (χ0v) is 33.0. The highest BCUT2D eigenvalue weighted by Gasteiger charge is 2.30. The SMILES string of the molecule is Cc1cc2c(cc1Br)[nH]c(=O)n2C1CCN(C2CCOCC2)CC1.Cl.Cl.O=c1[nH]c2cc(Cl)c(Cl)cc2n1C1CCN(C2CCOCC2)CC1. The molecule has 0 saturated carbocycles. The number of halogens is 5. The Labute approximate surface area is 323 Å². The van der Waals surface area contributed by atoms with E-state index in [9.17, 15) is 9.59 Å². The first-order valence-electron chi connectivity index (χ1n) is 17.4. The fourth-order valence-electron chi connectivity index (χ4n) is 8.22. The number of hydrogen-bond donors (Lipinski definition) is 2. The molecule has 2 aromatic carbocycles. The van der Waals surface area contributed by atoms with Gasteiger partial charge >= 0.3 is 11.4 Å². The van der Waals surface area contributed by atoms with Crippen molar-refractivity contribution >= 4 is 86.0 Å². The molecule has 4 aliphatic rings. The number of imidazole rings is 2. The molecule has 0 aliphatic carbocycles. The summed E-state index contributed by atoms with van der Waals surface area (Å²) in [6.07, 6.45) is 8.56. The number of piperidine rings is 2. The summed E-state index contributed by atoms with van der Waals surface area (Å²) >= 11 is 15.8. The molecule has 4 saturated heterocycles. The van der Waals surface area contributed by atoms with Gasteiger partial charge in [0.15, 0.2) is 0 Å². The van der Waals surface area contributed by atoms with Gasteiger partial charge < -0.3 is 29.2 Å². The third kappa shape index (κ3) is 8.47. The predicted molar refractivity (Wildman–Crippen MR) is 209 cm³/mol. The van der Waals surface area contributed by atoms with E-state index in [-0.39, 0.29) is 42.2 Å². The lowest BCUT2D eigenvalue weighted by Gasteiger charge is -2.39.